The van der Waals surface area contributed by atoms with Gasteiger partial charge in [-0.2, -0.15) is 0 Å². The fourth-order valence-corrected chi connectivity index (χ4v) is 15.4. The number of benzene rings is 5. The van der Waals surface area contributed by atoms with Crippen LogP contribution in [-0.2, 0) is 16.6 Å². The zero-order valence-electron chi connectivity index (χ0n) is 35.3. The van der Waals surface area contributed by atoms with Crippen molar-refractivity contribution in [3.63, 3.8) is 0 Å². The molecule has 3 nitrogen and oxygen atoms in total. The Morgan fingerprint density at radius 3 is 2.47 bits per heavy atom. The van der Waals surface area contributed by atoms with Crippen LogP contribution in [0.1, 0.15) is 68.4 Å². The second kappa shape index (κ2) is 14.4. The lowest BCUT2D eigenvalue weighted by Crippen LogP contribution is -2.45. The quantitative estimate of drug-likeness (QED) is 0.0977. The molecule has 7 aromatic rings. The molecule has 3 heterocycles. The number of nitrogens with zero attached hydrogens (tertiary/aromatic N) is 1. The van der Waals surface area contributed by atoms with Crippen molar-refractivity contribution in [1.82, 2.24) is 0 Å². The lowest BCUT2D eigenvalue weighted by atomic mass is 9.68. The van der Waals surface area contributed by atoms with E-state index in [4.69, 9.17) is 9.15 Å². The van der Waals surface area contributed by atoms with Gasteiger partial charge in [-0.25, -0.2) is 0 Å². The molecule has 1 saturated carbocycles. The normalized spacial score (nSPS) is 27.7. The largest absolute Gasteiger partial charge is 0.460 e. The third-order valence-corrected chi connectivity index (χ3v) is 18.3. The number of anilines is 2. The van der Waals surface area contributed by atoms with E-state index in [2.05, 4.69) is 187 Å². The summed E-state index contributed by atoms with van der Waals surface area (Å²) in [5.41, 5.74) is 12.9. The number of halogens is 1. The standard InChI is InChI=1S/C57H50INO2S/c1-57(2)45-20-6-3-14-44(45)52-46(57)30-29-43-42-19-11-21-49(55(42)62-56(43)52)59(35-27-24-33(25-28-35)36-15-9-17-40-38-12-4-7-22-50(38)60-53(36)40)48-31-26-34(32-47(48)58)37-16-10-18-41-39-13-5-8-23-51(39)61-54(37)41/h3-6,8-17,19-21,23-25,27-30,34,37,39,41,47-48,51,54H,7,18,22,26,31-32H2,1-2H3. The summed E-state index contributed by atoms with van der Waals surface area (Å²) in [7, 11) is 0. The van der Waals surface area contributed by atoms with Gasteiger partial charge in [0.25, 0.3) is 0 Å². The average Bonchev–Trinajstić information content (AvgIpc) is 4.06. The topological polar surface area (TPSA) is 25.6 Å². The molecule has 0 radical (unpaired) electrons. The highest BCUT2D eigenvalue weighted by Crippen LogP contribution is 2.56. The van der Waals surface area contributed by atoms with Crippen LogP contribution in [0.3, 0.4) is 0 Å². The fraction of sp³-hybridized carbons (Fsp3) is 0.298. The molecule has 2 aromatic heterocycles. The summed E-state index contributed by atoms with van der Waals surface area (Å²) in [5.74, 6) is 3.27. The molecule has 5 heteroatoms. The molecular formula is C57H50INO2S. The van der Waals surface area contributed by atoms with Crippen molar-refractivity contribution < 1.29 is 9.15 Å². The molecule has 8 unspecified atom stereocenters. The minimum atomic E-state index is -0.0293. The molecule has 5 aromatic carbocycles. The van der Waals surface area contributed by atoms with E-state index in [0.717, 1.165) is 42.6 Å². The van der Waals surface area contributed by atoms with Crippen LogP contribution in [0.15, 0.2) is 144 Å². The molecule has 0 amide bonds. The predicted molar refractivity (Wildman–Crippen MR) is 268 cm³/mol. The van der Waals surface area contributed by atoms with Crippen LogP contribution in [0.4, 0.5) is 11.4 Å². The van der Waals surface area contributed by atoms with Gasteiger partial charge in [0, 0.05) is 76.9 Å². The molecule has 308 valence electrons. The van der Waals surface area contributed by atoms with E-state index in [1.807, 2.05) is 11.3 Å². The van der Waals surface area contributed by atoms with Gasteiger partial charge in [-0.05, 0) is 84.4 Å². The van der Waals surface area contributed by atoms with E-state index >= 15 is 0 Å². The summed E-state index contributed by atoms with van der Waals surface area (Å²) >= 11 is 4.84. The Kier molecular flexibility index (Phi) is 8.80. The minimum absolute atomic E-state index is 0.0293. The van der Waals surface area contributed by atoms with Gasteiger partial charge >= 0.3 is 0 Å². The zero-order valence-corrected chi connectivity index (χ0v) is 38.2. The first-order valence-electron chi connectivity index (χ1n) is 22.9. The first-order valence-corrected chi connectivity index (χ1v) is 25.0. The zero-order chi connectivity index (χ0) is 41.3. The van der Waals surface area contributed by atoms with Gasteiger partial charge in [-0.15, -0.1) is 11.3 Å². The van der Waals surface area contributed by atoms with Gasteiger partial charge in [-0.3, -0.25) is 0 Å². The number of ether oxygens (including phenoxy) is 1. The average molecular weight is 940 g/mol. The van der Waals surface area contributed by atoms with Crippen molar-refractivity contribution in [1.29, 1.82) is 0 Å². The SMILES string of the molecule is CC1(C)c2ccccc2-c2c1ccc1c2sc2c(N(c3ccc(-c4cccc5c6c(oc45)CCC=C6)cc3)C3CCC(C4C=CCC5C6C=CC=CC6OC45)CC3I)cccc21. The predicted octanol–water partition coefficient (Wildman–Crippen LogP) is 15.5. The summed E-state index contributed by atoms with van der Waals surface area (Å²) < 4.78 is 16.8. The lowest BCUT2D eigenvalue weighted by Gasteiger charge is -2.45. The van der Waals surface area contributed by atoms with Crippen LogP contribution < -0.4 is 4.90 Å². The molecule has 13 rings (SSSR count). The number of hydrogen-bond donors (Lipinski definition) is 0. The number of fused-ring (bicyclic) bond motifs is 13. The first-order chi connectivity index (χ1) is 30.4. The highest BCUT2D eigenvalue weighted by Gasteiger charge is 2.49. The van der Waals surface area contributed by atoms with Gasteiger partial charge in [0.05, 0.1) is 22.6 Å². The maximum absolute atomic E-state index is 6.91. The molecule has 62 heavy (non-hydrogen) atoms. The summed E-state index contributed by atoms with van der Waals surface area (Å²) in [6, 6.07) is 37.4. The van der Waals surface area contributed by atoms with Crippen LogP contribution >= 0.6 is 33.9 Å². The molecular weight excluding hydrogens is 890 g/mol. The van der Waals surface area contributed by atoms with Crippen molar-refractivity contribution in [3.05, 3.63) is 162 Å². The van der Waals surface area contributed by atoms with Gasteiger partial charge < -0.3 is 14.1 Å². The Labute approximate surface area is 382 Å². The number of aryl methyl sites for hydroxylation is 1. The van der Waals surface area contributed by atoms with Gasteiger partial charge in [0.1, 0.15) is 11.3 Å². The Hall–Kier alpha value is -4.69. The molecule has 8 atom stereocenters. The highest BCUT2D eigenvalue weighted by molar-refractivity contribution is 14.1. The van der Waals surface area contributed by atoms with Crippen LogP contribution in [0.5, 0.6) is 0 Å². The fourth-order valence-electron chi connectivity index (χ4n) is 12.7. The summed E-state index contributed by atoms with van der Waals surface area (Å²) in [5, 5.41) is 3.94. The number of para-hydroxylation sites is 1. The molecule has 0 spiro atoms. The first kappa shape index (κ1) is 37.8. The van der Waals surface area contributed by atoms with Gasteiger partial charge in [-0.1, -0.05) is 164 Å². The van der Waals surface area contributed by atoms with E-state index in [9.17, 15) is 0 Å². The maximum Gasteiger partial charge on any atom is 0.142 e. The van der Waals surface area contributed by atoms with E-state index in [1.165, 1.54) is 83.2 Å². The van der Waals surface area contributed by atoms with Gasteiger partial charge in [0.2, 0.25) is 0 Å². The van der Waals surface area contributed by atoms with E-state index in [0.29, 0.717) is 39.7 Å². The number of furan rings is 1. The monoisotopic (exact) mass is 939 g/mol. The Balaban J connectivity index is 0.912. The van der Waals surface area contributed by atoms with Crippen molar-refractivity contribution in [2.45, 2.75) is 80.0 Å². The van der Waals surface area contributed by atoms with Crippen molar-refractivity contribution in [2.24, 2.45) is 23.7 Å². The number of thiophene rings is 1. The maximum atomic E-state index is 6.91. The molecule has 5 aliphatic carbocycles. The third-order valence-electron chi connectivity index (χ3n) is 15.7. The van der Waals surface area contributed by atoms with Crippen molar-refractivity contribution in [2.75, 3.05) is 4.90 Å². The molecule has 6 aliphatic rings. The Bertz CT molecular complexity index is 3070. The van der Waals surface area contributed by atoms with Gasteiger partial charge in [0.15, 0.2) is 0 Å². The number of allylic oxidation sites excluding steroid dienone is 4. The molecule has 0 bridgehead atoms. The smallest absolute Gasteiger partial charge is 0.142 e. The van der Waals surface area contributed by atoms with Crippen molar-refractivity contribution >= 4 is 82.5 Å². The lowest BCUT2D eigenvalue weighted by molar-refractivity contribution is 0.00220. The highest BCUT2D eigenvalue weighted by atomic mass is 127. The third kappa shape index (κ3) is 5.62. The van der Waals surface area contributed by atoms with E-state index < -0.39 is 0 Å². The van der Waals surface area contributed by atoms with Crippen LogP contribution in [0.25, 0.3) is 59.5 Å². The second-order valence-corrected chi connectivity index (χ2v) is 21.9. The van der Waals surface area contributed by atoms with Crippen LogP contribution in [-0.4, -0.2) is 22.2 Å². The number of alkyl halides is 1. The van der Waals surface area contributed by atoms with E-state index in [-0.39, 0.29) is 11.5 Å². The molecule has 1 aliphatic heterocycles. The van der Waals surface area contributed by atoms with Crippen molar-refractivity contribution in [3.8, 4) is 22.3 Å². The number of hydrogen-bond acceptors (Lipinski definition) is 4. The summed E-state index contributed by atoms with van der Waals surface area (Å²) in [6.45, 7) is 4.79. The number of rotatable bonds is 5. The van der Waals surface area contributed by atoms with Crippen LogP contribution in [0, 0.1) is 23.7 Å². The van der Waals surface area contributed by atoms with E-state index in [1.54, 1.807) is 0 Å². The second-order valence-electron chi connectivity index (χ2n) is 19.2. The minimum Gasteiger partial charge on any atom is -0.460 e. The summed E-state index contributed by atoms with van der Waals surface area (Å²) in [6.07, 6.45) is 25.9. The molecule has 1 saturated heterocycles. The Morgan fingerprint density at radius 1 is 0.742 bits per heavy atom. The Morgan fingerprint density at radius 2 is 1.56 bits per heavy atom. The molecule has 0 N–H and O–H groups in total. The molecule has 2 fully saturated rings. The van der Waals surface area contributed by atoms with Crippen LogP contribution in [0.2, 0.25) is 0 Å². The summed E-state index contributed by atoms with van der Waals surface area (Å²) in [4.78, 5) is 2.75.